The van der Waals surface area contributed by atoms with Gasteiger partial charge in [-0.05, 0) is 50.6 Å². The fraction of sp³-hybridized carbons (Fsp3) is 0.933. The van der Waals surface area contributed by atoms with Crippen LogP contribution in [0.15, 0.2) is 0 Å². The second kappa shape index (κ2) is 9.60. The molecule has 1 amide bonds. The minimum absolute atomic E-state index is 0. The Kier molecular flexibility index (Phi) is 9.46. The summed E-state index contributed by atoms with van der Waals surface area (Å²) in [4.78, 5) is 12.0. The SMILES string of the molecule is CCC(C)C(C)NC(=O)CC(C)C1CCNCC1.Cl. The van der Waals surface area contributed by atoms with Gasteiger partial charge in [-0.2, -0.15) is 0 Å². The predicted octanol–water partition coefficient (Wildman–Crippen LogP) is 2.98. The lowest BCUT2D eigenvalue weighted by Gasteiger charge is -2.28. The molecule has 0 aromatic carbocycles. The number of amides is 1. The Hall–Kier alpha value is -0.280. The summed E-state index contributed by atoms with van der Waals surface area (Å²) in [5.41, 5.74) is 0. The molecule has 0 spiro atoms. The normalized spacial score (nSPS) is 21.1. The largest absolute Gasteiger partial charge is 0.353 e. The molecule has 1 rings (SSSR count). The van der Waals surface area contributed by atoms with Crippen LogP contribution in [0.25, 0.3) is 0 Å². The van der Waals surface area contributed by atoms with Gasteiger partial charge >= 0.3 is 0 Å². The van der Waals surface area contributed by atoms with Gasteiger partial charge < -0.3 is 10.6 Å². The lowest BCUT2D eigenvalue weighted by atomic mass is 9.84. The zero-order chi connectivity index (χ0) is 13.5. The molecule has 2 N–H and O–H groups in total. The van der Waals surface area contributed by atoms with Crippen molar-refractivity contribution in [2.45, 2.75) is 59.4 Å². The van der Waals surface area contributed by atoms with E-state index in [-0.39, 0.29) is 18.3 Å². The van der Waals surface area contributed by atoms with E-state index in [9.17, 15) is 4.79 Å². The number of piperidine rings is 1. The van der Waals surface area contributed by atoms with Gasteiger partial charge in [0.1, 0.15) is 0 Å². The standard InChI is InChI=1S/C15H30N2O.ClH/c1-5-11(2)13(4)17-15(18)10-12(3)14-6-8-16-9-7-14;/h11-14,16H,5-10H2,1-4H3,(H,17,18);1H. The number of nitrogens with one attached hydrogen (secondary N) is 2. The molecule has 0 saturated carbocycles. The summed E-state index contributed by atoms with van der Waals surface area (Å²) in [6.07, 6.45) is 4.24. The summed E-state index contributed by atoms with van der Waals surface area (Å²) in [6.45, 7) is 10.9. The summed E-state index contributed by atoms with van der Waals surface area (Å²) in [7, 11) is 0. The molecular formula is C15H31ClN2O. The van der Waals surface area contributed by atoms with Crippen molar-refractivity contribution >= 4 is 18.3 Å². The molecule has 19 heavy (non-hydrogen) atoms. The molecule has 1 aliphatic rings. The highest BCUT2D eigenvalue weighted by atomic mass is 35.5. The Morgan fingerprint density at radius 1 is 1.26 bits per heavy atom. The Labute approximate surface area is 124 Å². The second-order valence-electron chi connectivity index (χ2n) is 6.01. The van der Waals surface area contributed by atoms with Crippen LogP contribution in [0.4, 0.5) is 0 Å². The molecule has 114 valence electrons. The molecule has 3 unspecified atom stereocenters. The van der Waals surface area contributed by atoms with Crippen molar-refractivity contribution in [1.82, 2.24) is 10.6 Å². The van der Waals surface area contributed by atoms with Crippen molar-refractivity contribution in [3.05, 3.63) is 0 Å². The third kappa shape index (κ3) is 6.62. The summed E-state index contributed by atoms with van der Waals surface area (Å²) >= 11 is 0. The Balaban J connectivity index is 0.00000324. The average molecular weight is 291 g/mol. The average Bonchev–Trinajstić information content (AvgIpc) is 2.38. The highest BCUT2D eigenvalue weighted by Gasteiger charge is 2.23. The second-order valence-corrected chi connectivity index (χ2v) is 6.01. The van der Waals surface area contributed by atoms with Gasteiger partial charge in [-0.3, -0.25) is 4.79 Å². The van der Waals surface area contributed by atoms with E-state index in [0.29, 0.717) is 24.3 Å². The molecule has 0 aromatic rings. The maximum Gasteiger partial charge on any atom is 0.220 e. The first-order valence-corrected chi connectivity index (χ1v) is 7.54. The van der Waals surface area contributed by atoms with Crippen molar-refractivity contribution in [2.24, 2.45) is 17.8 Å². The van der Waals surface area contributed by atoms with E-state index in [1.807, 2.05) is 0 Å². The monoisotopic (exact) mass is 290 g/mol. The first-order valence-electron chi connectivity index (χ1n) is 7.54. The summed E-state index contributed by atoms with van der Waals surface area (Å²) in [6, 6.07) is 0.294. The predicted molar refractivity (Wildman–Crippen MR) is 83.7 cm³/mol. The number of carbonyl (C=O) groups excluding carboxylic acids is 1. The summed E-state index contributed by atoms with van der Waals surface area (Å²) in [5.74, 6) is 2.02. The molecule has 4 heteroatoms. The van der Waals surface area contributed by atoms with Crippen LogP contribution in [0.2, 0.25) is 0 Å². The van der Waals surface area contributed by atoms with Crippen molar-refractivity contribution in [1.29, 1.82) is 0 Å². The van der Waals surface area contributed by atoms with Gasteiger partial charge in [0, 0.05) is 12.5 Å². The third-order valence-corrected chi connectivity index (χ3v) is 4.58. The summed E-state index contributed by atoms with van der Waals surface area (Å²) < 4.78 is 0. The summed E-state index contributed by atoms with van der Waals surface area (Å²) in [5, 5.41) is 6.52. The minimum Gasteiger partial charge on any atom is -0.353 e. The van der Waals surface area contributed by atoms with Crippen LogP contribution in [0.3, 0.4) is 0 Å². The van der Waals surface area contributed by atoms with Crippen LogP contribution < -0.4 is 10.6 Å². The molecule has 0 bridgehead atoms. The van der Waals surface area contributed by atoms with Crippen molar-refractivity contribution < 1.29 is 4.79 Å². The first kappa shape index (κ1) is 18.7. The van der Waals surface area contributed by atoms with Crippen LogP contribution in [0, 0.1) is 17.8 Å². The molecule has 1 aliphatic heterocycles. The lowest BCUT2D eigenvalue weighted by Crippen LogP contribution is -2.39. The quantitative estimate of drug-likeness (QED) is 0.790. The number of halogens is 1. The van der Waals surface area contributed by atoms with E-state index in [4.69, 9.17) is 0 Å². The molecule has 0 radical (unpaired) electrons. The number of hydrogen-bond donors (Lipinski definition) is 2. The highest BCUT2D eigenvalue weighted by Crippen LogP contribution is 2.24. The Morgan fingerprint density at radius 3 is 2.37 bits per heavy atom. The van der Waals surface area contributed by atoms with Gasteiger partial charge in [-0.25, -0.2) is 0 Å². The minimum atomic E-state index is 0. The maximum atomic E-state index is 12.0. The number of hydrogen-bond acceptors (Lipinski definition) is 2. The van der Waals surface area contributed by atoms with E-state index < -0.39 is 0 Å². The van der Waals surface area contributed by atoms with E-state index in [2.05, 4.69) is 38.3 Å². The Morgan fingerprint density at radius 2 is 1.84 bits per heavy atom. The Bertz CT molecular complexity index is 255. The molecule has 1 heterocycles. The highest BCUT2D eigenvalue weighted by molar-refractivity contribution is 5.85. The smallest absolute Gasteiger partial charge is 0.220 e. The van der Waals surface area contributed by atoms with Gasteiger partial charge in [0.25, 0.3) is 0 Å². The van der Waals surface area contributed by atoms with Crippen molar-refractivity contribution in [3.63, 3.8) is 0 Å². The molecule has 3 nitrogen and oxygen atoms in total. The van der Waals surface area contributed by atoms with Crippen LogP contribution in [0.5, 0.6) is 0 Å². The fourth-order valence-corrected chi connectivity index (χ4v) is 2.68. The van der Waals surface area contributed by atoms with Crippen molar-refractivity contribution in [3.8, 4) is 0 Å². The van der Waals surface area contributed by atoms with E-state index in [0.717, 1.165) is 25.4 Å². The molecule has 0 aliphatic carbocycles. The lowest BCUT2D eigenvalue weighted by molar-refractivity contribution is -0.123. The molecular weight excluding hydrogens is 260 g/mol. The maximum absolute atomic E-state index is 12.0. The van der Waals surface area contributed by atoms with Crippen LogP contribution in [0.1, 0.15) is 53.4 Å². The number of carbonyl (C=O) groups is 1. The molecule has 3 atom stereocenters. The zero-order valence-corrected chi connectivity index (χ0v) is 13.7. The van der Waals surface area contributed by atoms with Gasteiger partial charge in [-0.1, -0.05) is 27.2 Å². The topological polar surface area (TPSA) is 41.1 Å². The van der Waals surface area contributed by atoms with Gasteiger partial charge in [0.2, 0.25) is 5.91 Å². The molecule has 1 fully saturated rings. The first-order chi connectivity index (χ1) is 8.54. The number of rotatable bonds is 6. The van der Waals surface area contributed by atoms with Gasteiger partial charge in [-0.15, -0.1) is 12.4 Å². The van der Waals surface area contributed by atoms with E-state index in [1.165, 1.54) is 12.8 Å². The molecule has 0 aromatic heterocycles. The van der Waals surface area contributed by atoms with Crippen LogP contribution in [-0.2, 0) is 4.79 Å². The van der Waals surface area contributed by atoms with Gasteiger partial charge in [0.15, 0.2) is 0 Å². The van der Waals surface area contributed by atoms with Crippen LogP contribution in [-0.4, -0.2) is 25.0 Å². The van der Waals surface area contributed by atoms with Crippen LogP contribution >= 0.6 is 12.4 Å². The van der Waals surface area contributed by atoms with E-state index in [1.54, 1.807) is 0 Å². The van der Waals surface area contributed by atoms with Crippen molar-refractivity contribution in [2.75, 3.05) is 13.1 Å². The zero-order valence-electron chi connectivity index (χ0n) is 12.9. The van der Waals surface area contributed by atoms with E-state index >= 15 is 0 Å². The fourth-order valence-electron chi connectivity index (χ4n) is 2.68. The third-order valence-electron chi connectivity index (χ3n) is 4.58. The molecule has 1 saturated heterocycles. The van der Waals surface area contributed by atoms with Gasteiger partial charge in [0.05, 0.1) is 0 Å².